The van der Waals surface area contributed by atoms with Gasteiger partial charge in [-0.1, -0.05) is 6.07 Å². The van der Waals surface area contributed by atoms with Gasteiger partial charge in [0.15, 0.2) is 0 Å². The Morgan fingerprint density at radius 2 is 2.29 bits per heavy atom. The van der Waals surface area contributed by atoms with E-state index in [2.05, 4.69) is 0 Å². The van der Waals surface area contributed by atoms with Crippen LogP contribution in [0.2, 0.25) is 0 Å². The summed E-state index contributed by atoms with van der Waals surface area (Å²) in [6.07, 6.45) is 4.71. The van der Waals surface area contributed by atoms with Crippen molar-refractivity contribution in [3.63, 3.8) is 0 Å². The molecule has 0 aromatic heterocycles. The maximum Gasteiger partial charge on any atom is 0.120 e. The Hall–Kier alpha value is -1.31. The number of hydrogen-bond acceptors (Lipinski definition) is 2. The van der Waals surface area contributed by atoms with Gasteiger partial charge in [0.1, 0.15) is 12.0 Å². The summed E-state index contributed by atoms with van der Waals surface area (Å²) in [7, 11) is 0. The molecule has 0 amide bonds. The molecule has 0 spiro atoms. The molecule has 0 fully saturated rings. The monoisotopic (exact) mass is 190 g/mol. The van der Waals surface area contributed by atoms with Gasteiger partial charge in [0.2, 0.25) is 0 Å². The Labute approximate surface area is 83.6 Å². The number of phenols is 1. The summed E-state index contributed by atoms with van der Waals surface area (Å²) in [5, 5.41) is 9.33. The van der Waals surface area contributed by atoms with Crippen LogP contribution in [0.4, 0.5) is 0 Å². The Morgan fingerprint density at radius 3 is 3.07 bits per heavy atom. The molecule has 2 heteroatoms. The smallest absolute Gasteiger partial charge is 0.120 e. The van der Waals surface area contributed by atoms with E-state index in [1.54, 1.807) is 6.07 Å². The highest BCUT2D eigenvalue weighted by Crippen LogP contribution is 2.29. The van der Waals surface area contributed by atoms with Crippen LogP contribution in [-0.4, -0.2) is 11.4 Å². The van der Waals surface area contributed by atoms with E-state index < -0.39 is 0 Å². The number of fused-ring (bicyclic) bond motifs is 1. The maximum atomic E-state index is 10.4. The van der Waals surface area contributed by atoms with Crippen molar-refractivity contribution in [3.05, 3.63) is 29.3 Å². The third kappa shape index (κ3) is 1.79. The molecule has 1 aromatic rings. The molecule has 0 heterocycles. The number of rotatable bonds is 2. The molecule has 1 aliphatic carbocycles. The quantitative estimate of drug-likeness (QED) is 0.725. The van der Waals surface area contributed by atoms with Crippen LogP contribution in [-0.2, 0) is 17.6 Å². The number of benzene rings is 1. The van der Waals surface area contributed by atoms with Crippen molar-refractivity contribution in [2.45, 2.75) is 25.7 Å². The zero-order valence-electron chi connectivity index (χ0n) is 8.07. The van der Waals surface area contributed by atoms with E-state index in [9.17, 15) is 9.90 Å². The predicted octanol–water partition coefficient (Wildman–Crippen LogP) is 2.09. The van der Waals surface area contributed by atoms with E-state index in [-0.39, 0.29) is 0 Å². The van der Waals surface area contributed by atoms with E-state index in [4.69, 9.17) is 0 Å². The first kappa shape index (κ1) is 9.25. The van der Waals surface area contributed by atoms with Crippen LogP contribution >= 0.6 is 0 Å². The topological polar surface area (TPSA) is 37.3 Å². The first-order valence-corrected chi connectivity index (χ1v) is 5.04. The molecule has 1 N–H and O–H groups in total. The SMILES string of the molecule is O=CCC1CCc2ccc(O)cc2C1. The highest BCUT2D eigenvalue weighted by molar-refractivity contribution is 5.50. The minimum absolute atomic E-state index is 0.329. The molecule has 0 radical (unpaired) electrons. The molecule has 1 unspecified atom stereocenters. The van der Waals surface area contributed by atoms with Crippen LogP contribution in [0, 0.1) is 5.92 Å². The second-order valence-corrected chi connectivity index (χ2v) is 3.96. The maximum absolute atomic E-state index is 10.4. The molecule has 0 saturated carbocycles. The minimum atomic E-state index is 0.329. The zero-order chi connectivity index (χ0) is 9.97. The van der Waals surface area contributed by atoms with Crippen LogP contribution in [0.15, 0.2) is 18.2 Å². The average molecular weight is 190 g/mol. The van der Waals surface area contributed by atoms with Gasteiger partial charge in [-0.05, 0) is 48.4 Å². The molecule has 0 bridgehead atoms. The van der Waals surface area contributed by atoms with Crippen molar-refractivity contribution < 1.29 is 9.90 Å². The summed E-state index contributed by atoms with van der Waals surface area (Å²) in [5.74, 6) is 0.803. The Bertz CT molecular complexity index is 344. The number of hydrogen-bond donors (Lipinski definition) is 1. The Balaban J connectivity index is 2.20. The molecular weight excluding hydrogens is 176 g/mol. The second kappa shape index (κ2) is 3.82. The van der Waals surface area contributed by atoms with Gasteiger partial charge in [0.25, 0.3) is 0 Å². The molecule has 2 nitrogen and oxygen atoms in total. The van der Waals surface area contributed by atoms with E-state index >= 15 is 0 Å². The van der Waals surface area contributed by atoms with E-state index in [1.165, 1.54) is 11.1 Å². The van der Waals surface area contributed by atoms with Gasteiger partial charge >= 0.3 is 0 Å². The first-order valence-electron chi connectivity index (χ1n) is 5.04. The summed E-state index contributed by atoms with van der Waals surface area (Å²) >= 11 is 0. The molecule has 0 aliphatic heterocycles. The van der Waals surface area contributed by atoms with Crippen LogP contribution in [0.3, 0.4) is 0 Å². The summed E-state index contributed by atoms with van der Waals surface area (Å²) in [6, 6.07) is 5.55. The molecule has 2 rings (SSSR count). The summed E-state index contributed by atoms with van der Waals surface area (Å²) in [5.41, 5.74) is 2.54. The van der Waals surface area contributed by atoms with Gasteiger partial charge in [-0.2, -0.15) is 0 Å². The average Bonchev–Trinajstić information content (AvgIpc) is 2.17. The van der Waals surface area contributed by atoms with Gasteiger partial charge in [-0.25, -0.2) is 0 Å². The molecule has 14 heavy (non-hydrogen) atoms. The van der Waals surface area contributed by atoms with E-state index in [0.29, 0.717) is 18.1 Å². The third-order valence-electron chi connectivity index (χ3n) is 2.95. The lowest BCUT2D eigenvalue weighted by Crippen LogP contribution is -2.14. The molecule has 1 atom stereocenters. The fraction of sp³-hybridized carbons (Fsp3) is 0.417. The molecule has 1 aromatic carbocycles. The second-order valence-electron chi connectivity index (χ2n) is 3.96. The van der Waals surface area contributed by atoms with Crippen molar-refractivity contribution in [1.82, 2.24) is 0 Å². The van der Waals surface area contributed by atoms with Crippen molar-refractivity contribution in [3.8, 4) is 5.75 Å². The minimum Gasteiger partial charge on any atom is -0.508 e. The van der Waals surface area contributed by atoms with Crippen LogP contribution in [0.25, 0.3) is 0 Å². The van der Waals surface area contributed by atoms with Crippen LogP contribution < -0.4 is 0 Å². The number of phenolic OH excluding ortho intramolecular Hbond substituents is 1. The lowest BCUT2D eigenvalue weighted by molar-refractivity contribution is -0.108. The summed E-state index contributed by atoms with van der Waals surface area (Å²) < 4.78 is 0. The molecule has 1 aliphatic rings. The Kier molecular flexibility index (Phi) is 2.53. The van der Waals surface area contributed by atoms with Gasteiger partial charge in [0.05, 0.1) is 0 Å². The molecule has 74 valence electrons. The highest BCUT2D eigenvalue weighted by atomic mass is 16.3. The van der Waals surface area contributed by atoms with Gasteiger partial charge in [0, 0.05) is 6.42 Å². The number of aldehydes is 1. The first-order chi connectivity index (χ1) is 6.79. The standard InChI is InChI=1S/C12H14O2/c13-6-5-9-1-2-10-3-4-12(14)8-11(10)7-9/h3-4,6,8-9,14H,1-2,5,7H2. The zero-order valence-corrected chi connectivity index (χ0v) is 8.07. The van der Waals surface area contributed by atoms with Gasteiger partial charge in [-0.3, -0.25) is 0 Å². The summed E-state index contributed by atoms with van der Waals surface area (Å²) in [4.78, 5) is 10.4. The van der Waals surface area contributed by atoms with E-state index in [1.807, 2.05) is 12.1 Å². The fourth-order valence-corrected chi connectivity index (χ4v) is 2.16. The Morgan fingerprint density at radius 1 is 1.43 bits per heavy atom. The fourth-order valence-electron chi connectivity index (χ4n) is 2.16. The van der Waals surface area contributed by atoms with Crippen molar-refractivity contribution >= 4 is 6.29 Å². The largest absolute Gasteiger partial charge is 0.508 e. The normalized spacial score (nSPS) is 20.1. The van der Waals surface area contributed by atoms with Crippen molar-refractivity contribution in [2.24, 2.45) is 5.92 Å². The molecular formula is C12H14O2. The number of aryl methyl sites for hydroxylation is 1. The number of aromatic hydroxyl groups is 1. The number of carbonyl (C=O) groups is 1. The number of carbonyl (C=O) groups excluding carboxylic acids is 1. The lowest BCUT2D eigenvalue weighted by atomic mass is 9.82. The summed E-state index contributed by atoms with van der Waals surface area (Å²) in [6.45, 7) is 0. The van der Waals surface area contributed by atoms with Crippen molar-refractivity contribution in [2.75, 3.05) is 0 Å². The van der Waals surface area contributed by atoms with Gasteiger partial charge in [-0.15, -0.1) is 0 Å². The third-order valence-corrected chi connectivity index (χ3v) is 2.95. The van der Waals surface area contributed by atoms with Gasteiger partial charge < -0.3 is 9.90 Å². The molecule has 0 saturated heterocycles. The lowest BCUT2D eigenvalue weighted by Gasteiger charge is -2.22. The van der Waals surface area contributed by atoms with Crippen molar-refractivity contribution in [1.29, 1.82) is 0 Å². The van der Waals surface area contributed by atoms with E-state index in [0.717, 1.165) is 25.5 Å². The van der Waals surface area contributed by atoms with Crippen LogP contribution in [0.1, 0.15) is 24.0 Å². The van der Waals surface area contributed by atoms with Crippen LogP contribution in [0.5, 0.6) is 5.75 Å². The highest BCUT2D eigenvalue weighted by Gasteiger charge is 2.18. The predicted molar refractivity (Wildman–Crippen MR) is 54.3 cm³/mol.